The lowest BCUT2D eigenvalue weighted by Crippen LogP contribution is -1.91. The molecule has 1 aliphatic rings. The normalized spacial score (nSPS) is 24.0. The zero-order valence-corrected chi connectivity index (χ0v) is 4.05. The molecular formula is CH2NOPS. The fourth-order valence-corrected chi connectivity index (χ4v) is 0.968. The van der Waals surface area contributed by atoms with Crippen molar-refractivity contribution in [3.05, 3.63) is 0 Å². The van der Waals surface area contributed by atoms with E-state index in [9.17, 15) is 0 Å². The van der Waals surface area contributed by atoms with Crippen molar-refractivity contribution < 1.29 is 4.84 Å². The van der Waals surface area contributed by atoms with Crippen LogP contribution in [0.25, 0.3) is 0 Å². The Balaban J connectivity index is 2.32. The van der Waals surface area contributed by atoms with Gasteiger partial charge in [-0.15, -0.1) is 4.89 Å². The average molecular weight is 107 g/mol. The molecule has 0 fully saturated rings. The van der Waals surface area contributed by atoms with E-state index in [1.807, 2.05) is 0 Å². The molecule has 0 aliphatic carbocycles. The standard InChI is InChI=1S/CH2NOPS/c1-3-2-5-4-1/h1-2H. The van der Waals surface area contributed by atoms with Crippen LogP contribution in [0.4, 0.5) is 0 Å². The lowest BCUT2D eigenvalue weighted by Gasteiger charge is -1.76. The summed E-state index contributed by atoms with van der Waals surface area (Å²) >= 11 is 1.52. The minimum absolute atomic E-state index is 1.15. The molecule has 1 heterocycles. The van der Waals surface area contributed by atoms with Gasteiger partial charge in [-0.2, -0.15) is 0 Å². The van der Waals surface area contributed by atoms with Crippen LogP contribution in [0.1, 0.15) is 0 Å². The molecule has 1 N–H and O–H groups in total. The van der Waals surface area contributed by atoms with Crippen molar-refractivity contribution in [2.24, 2.45) is 0 Å². The molecule has 0 bridgehead atoms. The molecule has 28 valence electrons. The van der Waals surface area contributed by atoms with Gasteiger partial charge in [0.25, 0.3) is 0 Å². The fraction of sp³-hybridized carbons (Fsp3) is 0. The Morgan fingerprint density at radius 3 is 3.20 bits per heavy atom. The van der Waals surface area contributed by atoms with E-state index in [4.69, 9.17) is 0 Å². The van der Waals surface area contributed by atoms with Crippen molar-refractivity contribution in [1.29, 1.82) is 0 Å². The highest BCUT2D eigenvalue weighted by molar-refractivity contribution is 8.47. The zero-order chi connectivity index (χ0) is 3.54. The van der Waals surface area contributed by atoms with E-state index in [0.717, 1.165) is 7.41 Å². The molecule has 0 unspecified atom stereocenters. The van der Waals surface area contributed by atoms with E-state index in [0.29, 0.717) is 0 Å². The van der Waals surface area contributed by atoms with Crippen LogP contribution < -0.4 is 4.89 Å². The minimum atomic E-state index is 1.15. The van der Waals surface area contributed by atoms with Gasteiger partial charge in [0.2, 0.25) is 0 Å². The topological polar surface area (TPSA) is 21.3 Å². The summed E-state index contributed by atoms with van der Waals surface area (Å²) in [7, 11) is 1.15. The van der Waals surface area contributed by atoms with Gasteiger partial charge in [0.15, 0.2) is 0 Å². The average Bonchev–Trinajstić information content (AvgIpc) is 1.76. The molecule has 0 aromatic carbocycles. The maximum Gasteiger partial charge on any atom is 0.0978 e. The van der Waals surface area contributed by atoms with E-state index < -0.39 is 0 Å². The van der Waals surface area contributed by atoms with Gasteiger partial charge in [0, 0.05) is 19.0 Å². The van der Waals surface area contributed by atoms with Crippen LogP contribution >= 0.6 is 19.0 Å². The van der Waals surface area contributed by atoms with Gasteiger partial charge >= 0.3 is 0 Å². The van der Waals surface area contributed by atoms with Crippen LogP contribution in [0.2, 0.25) is 0 Å². The Bertz CT molecular complexity index is 49.6. The molecule has 5 heavy (non-hydrogen) atoms. The highest BCUT2D eigenvalue weighted by Gasteiger charge is 1.84. The first-order chi connectivity index (χ1) is 2.50. The summed E-state index contributed by atoms with van der Waals surface area (Å²) in [5.41, 5.74) is 0. The third-order valence-electron chi connectivity index (χ3n) is 0.234. The van der Waals surface area contributed by atoms with E-state index >= 15 is 0 Å². The molecule has 1 aliphatic heterocycles. The SMILES string of the molecule is C1=PSNO1. The fourth-order valence-electron chi connectivity index (χ4n) is 0.108. The predicted octanol–water partition coefficient (Wildman–Crippen LogP) is 0.790. The second-order valence-electron chi connectivity index (χ2n) is 0.503. The van der Waals surface area contributed by atoms with Crippen LogP contribution in [-0.4, -0.2) is 5.98 Å². The summed E-state index contributed by atoms with van der Waals surface area (Å²) in [5.74, 6) is 1.69. The van der Waals surface area contributed by atoms with Crippen molar-refractivity contribution in [3.8, 4) is 0 Å². The van der Waals surface area contributed by atoms with Crippen molar-refractivity contribution in [3.63, 3.8) is 0 Å². The first kappa shape index (κ1) is 3.62. The molecule has 4 heteroatoms. The summed E-state index contributed by atoms with van der Waals surface area (Å²) in [6.07, 6.45) is 0. The van der Waals surface area contributed by atoms with Crippen LogP contribution in [0, 0.1) is 0 Å². The molecule has 0 aromatic heterocycles. The molecule has 0 saturated heterocycles. The number of hydrogen-bond acceptors (Lipinski definition) is 3. The Morgan fingerprint density at radius 2 is 3.00 bits per heavy atom. The Morgan fingerprint density at radius 1 is 2.00 bits per heavy atom. The lowest BCUT2D eigenvalue weighted by molar-refractivity contribution is 0.297. The van der Waals surface area contributed by atoms with Crippen LogP contribution in [0.5, 0.6) is 0 Å². The summed E-state index contributed by atoms with van der Waals surface area (Å²) in [4.78, 5) is 7.09. The molecule has 0 radical (unpaired) electrons. The molecular weight excluding hydrogens is 105 g/mol. The first-order valence-electron chi connectivity index (χ1n) is 1.08. The van der Waals surface area contributed by atoms with Gasteiger partial charge in [-0.1, -0.05) is 0 Å². The van der Waals surface area contributed by atoms with Gasteiger partial charge in [-0.3, -0.25) is 4.84 Å². The summed E-state index contributed by atoms with van der Waals surface area (Å²) in [6.45, 7) is 0. The summed E-state index contributed by atoms with van der Waals surface area (Å²) in [6, 6.07) is 0. The first-order valence-corrected chi connectivity index (χ1v) is 3.47. The maximum absolute atomic E-state index is 4.52. The minimum Gasteiger partial charge on any atom is -0.256 e. The lowest BCUT2D eigenvalue weighted by atomic mass is 11.7. The second-order valence-corrected chi connectivity index (χ2v) is 2.45. The molecule has 0 atom stereocenters. The number of nitrogens with one attached hydrogen (secondary N) is 1. The molecule has 1 rings (SSSR count). The second kappa shape index (κ2) is 1.78. The van der Waals surface area contributed by atoms with E-state index in [1.165, 1.54) is 11.6 Å². The Hall–Kier alpha value is 0.440. The van der Waals surface area contributed by atoms with E-state index in [2.05, 4.69) is 9.72 Å². The van der Waals surface area contributed by atoms with Crippen molar-refractivity contribution >= 4 is 25.0 Å². The molecule has 0 spiro atoms. The predicted molar refractivity (Wildman–Crippen MR) is 24.8 cm³/mol. The molecule has 0 saturated carbocycles. The molecule has 2 nitrogen and oxygen atoms in total. The number of hydrogen-bond donors (Lipinski definition) is 1. The monoisotopic (exact) mass is 107 g/mol. The van der Waals surface area contributed by atoms with Gasteiger partial charge in [0.05, 0.1) is 5.98 Å². The van der Waals surface area contributed by atoms with Crippen molar-refractivity contribution in [2.45, 2.75) is 0 Å². The van der Waals surface area contributed by atoms with Crippen LogP contribution in [0.3, 0.4) is 0 Å². The quantitative estimate of drug-likeness (QED) is 0.365. The van der Waals surface area contributed by atoms with Crippen LogP contribution in [-0.2, 0) is 4.84 Å². The highest BCUT2D eigenvalue weighted by atomic mass is 32.7. The van der Waals surface area contributed by atoms with Crippen LogP contribution in [0.15, 0.2) is 0 Å². The van der Waals surface area contributed by atoms with E-state index in [-0.39, 0.29) is 0 Å². The van der Waals surface area contributed by atoms with Gasteiger partial charge in [0.1, 0.15) is 0 Å². The number of rotatable bonds is 0. The van der Waals surface area contributed by atoms with Gasteiger partial charge < -0.3 is 0 Å². The smallest absolute Gasteiger partial charge is 0.0978 e. The highest BCUT2D eigenvalue weighted by Crippen LogP contribution is 2.17. The van der Waals surface area contributed by atoms with Gasteiger partial charge in [-0.25, -0.2) is 0 Å². The Labute approximate surface area is 35.5 Å². The van der Waals surface area contributed by atoms with E-state index in [1.54, 1.807) is 5.98 Å². The van der Waals surface area contributed by atoms with Gasteiger partial charge in [-0.05, 0) is 0 Å². The third-order valence-corrected chi connectivity index (χ3v) is 1.50. The van der Waals surface area contributed by atoms with Crippen molar-refractivity contribution in [2.75, 3.05) is 0 Å². The Kier molecular flexibility index (Phi) is 1.29. The van der Waals surface area contributed by atoms with Crippen molar-refractivity contribution in [1.82, 2.24) is 4.89 Å². The zero-order valence-electron chi connectivity index (χ0n) is 2.34. The summed E-state index contributed by atoms with van der Waals surface area (Å²) in [5, 5.41) is 0. The molecule has 0 aromatic rings. The maximum atomic E-state index is 4.52. The molecule has 0 amide bonds. The third kappa shape index (κ3) is 0.893. The largest absolute Gasteiger partial charge is 0.256 e. The summed E-state index contributed by atoms with van der Waals surface area (Å²) < 4.78 is 0.